The van der Waals surface area contributed by atoms with Crippen LogP contribution in [-0.4, -0.2) is 53.7 Å². The highest BCUT2D eigenvalue weighted by Gasteiger charge is 2.49. The van der Waals surface area contributed by atoms with Crippen molar-refractivity contribution in [1.82, 2.24) is 10.2 Å². The summed E-state index contributed by atoms with van der Waals surface area (Å²) in [6, 6.07) is 10.7. The molecule has 6 nitrogen and oxygen atoms in total. The van der Waals surface area contributed by atoms with Crippen molar-refractivity contribution < 1.29 is 19.4 Å². The molecule has 1 amide bonds. The van der Waals surface area contributed by atoms with Gasteiger partial charge in [-0.3, -0.25) is 14.5 Å². The highest BCUT2D eigenvalue weighted by atomic mass is 16.5. The number of carbonyl (C=O) groups is 2. The summed E-state index contributed by atoms with van der Waals surface area (Å²) in [7, 11) is 1.42. The largest absolute Gasteiger partial charge is 0.506 e. The Bertz CT molecular complexity index is 969. The predicted octanol–water partition coefficient (Wildman–Crippen LogP) is 3.86. The van der Waals surface area contributed by atoms with E-state index in [4.69, 9.17) is 4.74 Å². The van der Waals surface area contributed by atoms with Crippen LogP contribution in [0.4, 0.5) is 0 Å². The molecule has 2 fully saturated rings. The van der Waals surface area contributed by atoms with Gasteiger partial charge in [-0.25, -0.2) is 0 Å². The molecule has 166 valence electrons. The fourth-order valence-corrected chi connectivity index (χ4v) is 5.33. The number of esters is 1. The van der Waals surface area contributed by atoms with Gasteiger partial charge in [0.25, 0.3) is 5.91 Å². The number of phenols is 1. The van der Waals surface area contributed by atoms with Gasteiger partial charge in [0.2, 0.25) is 0 Å². The van der Waals surface area contributed by atoms with Crippen LogP contribution in [0, 0.1) is 5.92 Å². The van der Waals surface area contributed by atoms with Gasteiger partial charge in [-0.15, -0.1) is 0 Å². The number of amides is 1. The molecule has 2 unspecified atom stereocenters. The zero-order valence-corrected chi connectivity index (χ0v) is 18.4. The number of methoxy groups -OCH3 is 1. The molecule has 0 bridgehead atoms. The Morgan fingerprint density at radius 3 is 2.65 bits per heavy atom. The molecule has 1 saturated heterocycles. The van der Waals surface area contributed by atoms with Crippen LogP contribution in [0.3, 0.4) is 0 Å². The van der Waals surface area contributed by atoms with E-state index in [1.807, 2.05) is 31.2 Å². The number of ether oxygens (including phenoxy) is 1. The molecule has 1 saturated carbocycles. The molecule has 0 spiro atoms. The van der Waals surface area contributed by atoms with Gasteiger partial charge in [-0.05, 0) is 43.6 Å². The lowest BCUT2D eigenvalue weighted by atomic mass is 9.88. The van der Waals surface area contributed by atoms with Crippen molar-refractivity contribution in [2.75, 3.05) is 20.2 Å². The van der Waals surface area contributed by atoms with E-state index in [1.165, 1.54) is 39.2 Å². The maximum Gasteiger partial charge on any atom is 0.326 e. The minimum atomic E-state index is -0.754. The molecular weight excluding hydrogens is 392 g/mol. The quantitative estimate of drug-likeness (QED) is 0.713. The van der Waals surface area contributed by atoms with E-state index < -0.39 is 5.54 Å². The lowest BCUT2D eigenvalue weighted by Gasteiger charge is -2.35. The molecule has 31 heavy (non-hydrogen) atoms. The number of likely N-dealkylation sites (tertiary alicyclic amines) is 1. The summed E-state index contributed by atoms with van der Waals surface area (Å²) in [6.07, 6.45) is 6.65. The van der Waals surface area contributed by atoms with Gasteiger partial charge in [-0.2, -0.15) is 0 Å². The van der Waals surface area contributed by atoms with Gasteiger partial charge in [0.15, 0.2) is 0 Å². The Hall–Kier alpha value is -2.60. The average molecular weight is 425 g/mol. The average Bonchev–Trinajstić information content (AvgIpc) is 3.09. The van der Waals surface area contributed by atoms with Crippen LogP contribution in [0.5, 0.6) is 5.75 Å². The van der Waals surface area contributed by atoms with Crippen molar-refractivity contribution in [3.05, 3.63) is 42.0 Å². The second-order valence-electron chi connectivity index (χ2n) is 9.23. The topological polar surface area (TPSA) is 78.9 Å². The van der Waals surface area contributed by atoms with E-state index in [-0.39, 0.29) is 29.2 Å². The van der Waals surface area contributed by atoms with Gasteiger partial charge in [0, 0.05) is 24.5 Å². The van der Waals surface area contributed by atoms with Crippen molar-refractivity contribution in [3.63, 3.8) is 0 Å². The molecule has 2 atom stereocenters. The van der Waals surface area contributed by atoms with Crippen LogP contribution >= 0.6 is 0 Å². The first-order valence-electron chi connectivity index (χ1n) is 11.3. The number of fused-ring (bicyclic) bond motifs is 1. The number of aromatic hydroxyl groups is 1. The normalized spacial score (nSPS) is 24.9. The molecule has 2 aliphatic rings. The molecule has 6 heteroatoms. The predicted molar refractivity (Wildman–Crippen MR) is 120 cm³/mol. The minimum absolute atomic E-state index is 0.0108. The van der Waals surface area contributed by atoms with Crippen molar-refractivity contribution in [1.29, 1.82) is 0 Å². The molecule has 1 aliphatic heterocycles. The van der Waals surface area contributed by atoms with E-state index >= 15 is 0 Å². The molecular formula is C25H32N2O4. The molecule has 1 heterocycles. The first-order chi connectivity index (χ1) is 14.9. The first kappa shape index (κ1) is 21.6. The lowest BCUT2D eigenvalue weighted by Crippen LogP contribution is -2.50. The highest BCUT2D eigenvalue weighted by Crippen LogP contribution is 2.35. The fourth-order valence-electron chi connectivity index (χ4n) is 5.33. The van der Waals surface area contributed by atoms with Crippen LogP contribution in [0.25, 0.3) is 10.8 Å². The van der Waals surface area contributed by atoms with E-state index in [9.17, 15) is 14.7 Å². The number of hydrogen-bond donors (Lipinski definition) is 2. The summed E-state index contributed by atoms with van der Waals surface area (Å²) in [5.74, 6) is -0.00583. The van der Waals surface area contributed by atoms with Gasteiger partial charge in [-0.1, -0.05) is 49.6 Å². The highest BCUT2D eigenvalue weighted by molar-refractivity contribution is 6.03. The monoisotopic (exact) mass is 424 g/mol. The lowest BCUT2D eigenvalue weighted by molar-refractivity contribution is -0.152. The summed E-state index contributed by atoms with van der Waals surface area (Å²) < 4.78 is 5.13. The van der Waals surface area contributed by atoms with Gasteiger partial charge in [0.1, 0.15) is 11.3 Å². The van der Waals surface area contributed by atoms with Crippen LogP contribution < -0.4 is 5.32 Å². The van der Waals surface area contributed by atoms with Gasteiger partial charge in [0.05, 0.1) is 12.7 Å². The van der Waals surface area contributed by atoms with Gasteiger partial charge < -0.3 is 15.2 Å². The third-order valence-electron chi connectivity index (χ3n) is 7.09. The second-order valence-corrected chi connectivity index (χ2v) is 9.23. The standard InChI is InChI=1S/C25H32N2O4/c1-25(24(30)31-2)14-19(16-27(25)15-17-8-4-3-5-9-17)26-23(29)21-13-12-18-10-6-7-11-20(18)22(21)28/h6-7,10-13,17,19,28H,3-5,8-9,14-16H2,1-2H3,(H,26,29). The van der Waals surface area contributed by atoms with Crippen molar-refractivity contribution in [2.45, 2.75) is 57.0 Å². The maximum absolute atomic E-state index is 13.0. The molecule has 0 aromatic heterocycles. The molecule has 4 rings (SSSR count). The minimum Gasteiger partial charge on any atom is -0.506 e. The third-order valence-corrected chi connectivity index (χ3v) is 7.09. The molecule has 0 radical (unpaired) electrons. The number of benzene rings is 2. The van der Waals surface area contributed by atoms with E-state index in [2.05, 4.69) is 10.2 Å². The van der Waals surface area contributed by atoms with Crippen molar-refractivity contribution >= 4 is 22.6 Å². The van der Waals surface area contributed by atoms with Crippen LogP contribution in [0.1, 0.15) is 55.8 Å². The smallest absolute Gasteiger partial charge is 0.326 e. The zero-order valence-electron chi connectivity index (χ0n) is 18.4. The van der Waals surface area contributed by atoms with E-state index in [0.29, 0.717) is 24.3 Å². The number of nitrogens with zero attached hydrogens (tertiary/aromatic N) is 1. The van der Waals surface area contributed by atoms with Crippen LogP contribution in [0.2, 0.25) is 0 Å². The molecule has 2 aromatic carbocycles. The summed E-state index contributed by atoms with van der Waals surface area (Å²) in [4.78, 5) is 27.9. The number of nitrogens with one attached hydrogen (secondary N) is 1. The Morgan fingerprint density at radius 2 is 1.90 bits per heavy atom. The third kappa shape index (κ3) is 4.26. The summed E-state index contributed by atoms with van der Waals surface area (Å²) in [6.45, 7) is 3.36. The van der Waals surface area contributed by atoms with Crippen LogP contribution in [-0.2, 0) is 9.53 Å². The Morgan fingerprint density at radius 1 is 1.16 bits per heavy atom. The number of hydrogen-bond acceptors (Lipinski definition) is 5. The summed E-state index contributed by atoms with van der Waals surface area (Å²) in [5, 5.41) is 15.2. The molecule has 2 aromatic rings. The van der Waals surface area contributed by atoms with E-state index in [0.717, 1.165) is 11.9 Å². The SMILES string of the molecule is COC(=O)C1(C)CC(NC(=O)c2ccc3ccccc3c2O)CN1CC1CCCCC1. The fraction of sp³-hybridized carbons (Fsp3) is 0.520. The maximum atomic E-state index is 13.0. The first-order valence-corrected chi connectivity index (χ1v) is 11.3. The molecule has 2 N–H and O–H groups in total. The van der Waals surface area contributed by atoms with Gasteiger partial charge >= 0.3 is 5.97 Å². The Kier molecular flexibility index (Phi) is 6.19. The van der Waals surface area contributed by atoms with Crippen molar-refractivity contribution in [3.8, 4) is 5.75 Å². The second kappa shape index (κ2) is 8.87. The molecule has 1 aliphatic carbocycles. The Balaban J connectivity index is 1.51. The summed E-state index contributed by atoms with van der Waals surface area (Å²) >= 11 is 0. The van der Waals surface area contributed by atoms with E-state index in [1.54, 1.807) is 12.1 Å². The van der Waals surface area contributed by atoms with Crippen LogP contribution in [0.15, 0.2) is 36.4 Å². The Labute approximate surface area is 183 Å². The number of carbonyl (C=O) groups excluding carboxylic acids is 2. The number of phenolic OH excluding ortho intramolecular Hbond substituents is 1. The van der Waals surface area contributed by atoms with Crippen molar-refractivity contribution in [2.24, 2.45) is 5.92 Å². The summed E-state index contributed by atoms with van der Waals surface area (Å²) in [5.41, 5.74) is -0.501. The number of rotatable bonds is 5. The zero-order chi connectivity index (χ0) is 22.0.